The number of hydrogen-bond acceptors (Lipinski definition) is 5. The van der Waals surface area contributed by atoms with Gasteiger partial charge in [-0.3, -0.25) is 14.7 Å². The summed E-state index contributed by atoms with van der Waals surface area (Å²) in [6.07, 6.45) is 2.88. The van der Waals surface area contributed by atoms with E-state index in [1.165, 1.54) is 5.56 Å². The van der Waals surface area contributed by atoms with Gasteiger partial charge in [-0.15, -0.1) is 0 Å². The van der Waals surface area contributed by atoms with Gasteiger partial charge < -0.3 is 14.7 Å². The van der Waals surface area contributed by atoms with Gasteiger partial charge in [0.15, 0.2) is 0 Å². The second-order valence-corrected chi connectivity index (χ2v) is 7.93. The predicted molar refractivity (Wildman–Crippen MR) is 100 cm³/mol. The van der Waals surface area contributed by atoms with Gasteiger partial charge in [-0.2, -0.15) is 13.2 Å². The number of carboxylic acids is 1. The van der Waals surface area contributed by atoms with Gasteiger partial charge in [0.05, 0.1) is 11.5 Å². The van der Waals surface area contributed by atoms with Crippen LogP contribution in [0.5, 0.6) is 0 Å². The molecule has 1 aromatic rings. The standard InChI is InChI=1S/C18H25N3O2.C2HF3O2/c22-17(21-8-1-2-9-21)18-6-11-23-16(18)5-10-20(14-18)13-15-4-3-7-19-12-15;3-2(4,5)1(6)7/h3-4,7,12,16H,1-2,5-6,8-11,13-14H2;(H,6,7)/t16-,18-;/m1./s1. The summed E-state index contributed by atoms with van der Waals surface area (Å²) in [5.74, 6) is -2.42. The first kappa shape index (κ1) is 22.5. The van der Waals surface area contributed by atoms with E-state index in [0.717, 1.165) is 65.0 Å². The fourth-order valence-corrected chi connectivity index (χ4v) is 4.45. The molecule has 3 aliphatic rings. The highest BCUT2D eigenvalue weighted by Crippen LogP contribution is 2.43. The second kappa shape index (κ2) is 9.30. The van der Waals surface area contributed by atoms with Gasteiger partial charge in [0.25, 0.3) is 0 Å². The largest absolute Gasteiger partial charge is 0.490 e. The van der Waals surface area contributed by atoms with Crippen molar-refractivity contribution in [3.63, 3.8) is 0 Å². The zero-order chi connectivity index (χ0) is 21.8. The van der Waals surface area contributed by atoms with E-state index in [4.69, 9.17) is 14.6 Å². The number of carboxylic acid groups (broad SMARTS) is 1. The number of fused-ring (bicyclic) bond motifs is 1. The van der Waals surface area contributed by atoms with Gasteiger partial charge in [-0.25, -0.2) is 4.79 Å². The van der Waals surface area contributed by atoms with Gasteiger partial charge in [0, 0.05) is 51.7 Å². The van der Waals surface area contributed by atoms with Crippen molar-refractivity contribution in [1.29, 1.82) is 0 Å². The molecule has 3 saturated heterocycles. The average molecular weight is 429 g/mol. The lowest BCUT2D eigenvalue weighted by Gasteiger charge is -2.44. The third-order valence-electron chi connectivity index (χ3n) is 5.89. The molecule has 1 N–H and O–H groups in total. The Bertz CT molecular complexity index is 741. The van der Waals surface area contributed by atoms with E-state index < -0.39 is 12.1 Å². The lowest BCUT2D eigenvalue weighted by Crippen LogP contribution is -2.57. The highest BCUT2D eigenvalue weighted by molar-refractivity contribution is 5.84. The quantitative estimate of drug-likeness (QED) is 0.794. The van der Waals surface area contributed by atoms with E-state index in [0.29, 0.717) is 5.91 Å². The molecule has 3 fully saturated rings. The normalized spacial score (nSPS) is 26.6. The van der Waals surface area contributed by atoms with Gasteiger partial charge in [-0.05, 0) is 37.3 Å². The van der Waals surface area contributed by atoms with Crippen LogP contribution in [0.4, 0.5) is 13.2 Å². The Morgan fingerprint density at radius 1 is 1.27 bits per heavy atom. The van der Waals surface area contributed by atoms with Crippen LogP contribution in [0.25, 0.3) is 0 Å². The van der Waals surface area contributed by atoms with Crippen LogP contribution in [0.2, 0.25) is 0 Å². The maximum absolute atomic E-state index is 13.2. The van der Waals surface area contributed by atoms with Crippen molar-refractivity contribution >= 4 is 11.9 Å². The van der Waals surface area contributed by atoms with Crippen LogP contribution in [-0.2, 0) is 20.9 Å². The van der Waals surface area contributed by atoms with Crippen molar-refractivity contribution in [3.05, 3.63) is 30.1 Å². The Labute approximate surface area is 172 Å². The van der Waals surface area contributed by atoms with Crippen LogP contribution >= 0.6 is 0 Å². The molecule has 0 aromatic carbocycles. The lowest BCUT2D eigenvalue weighted by molar-refractivity contribution is -0.192. The summed E-state index contributed by atoms with van der Waals surface area (Å²) in [5.41, 5.74) is 0.902. The summed E-state index contributed by atoms with van der Waals surface area (Å²) in [5, 5.41) is 7.12. The number of amides is 1. The first-order chi connectivity index (χ1) is 14.2. The summed E-state index contributed by atoms with van der Waals surface area (Å²) >= 11 is 0. The minimum Gasteiger partial charge on any atom is -0.475 e. The van der Waals surface area contributed by atoms with Crippen LogP contribution in [-0.4, -0.2) is 76.8 Å². The maximum atomic E-state index is 13.2. The first-order valence-electron chi connectivity index (χ1n) is 10.0. The molecule has 3 aliphatic heterocycles. The minimum absolute atomic E-state index is 0.112. The number of ether oxygens (including phenoxy) is 1. The molecule has 2 atom stereocenters. The number of alkyl halides is 3. The van der Waals surface area contributed by atoms with Gasteiger partial charge in [0.2, 0.25) is 5.91 Å². The fraction of sp³-hybridized carbons (Fsp3) is 0.650. The van der Waals surface area contributed by atoms with E-state index in [-0.39, 0.29) is 11.5 Å². The number of aromatic nitrogens is 1. The number of carbonyl (C=O) groups excluding carboxylic acids is 1. The maximum Gasteiger partial charge on any atom is 0.490 e. The lowest BCUT2D eigenvalue weighted by atomic mass is 9.75. The average Bonchev–Trinajstić information content (AvgIpc) is 3.38. The number of likely N-dealkylation sites (tertiary alicyclic amines) is 2. The molecule has 10 heteroatoms. The van der Waals surface area contributed by atoms with Crippen molar-refractivity contribution in [1.82, 2.24) is 14.8 Å². The van der Waals surface area contributed by atoms with Crippen molar-refractivity contribution in [2.75, 3.05) is 32.8 Å². The van der Waals surface area contributed by atoms with Crippen molar-refractivity contribution in [3.8, 4) is 0 Å². The molecule has 0 aliphatic carbocycles. The molecule has 1 amide bonds. The molecule has 0 saturated carbocycles. The molecule has 0 bridgehead atoms. The molecule has 0 spiro atoms. The second-order valence-electron chi connectivity index (χ2n) is 7.93. The van der Waals surface area contributed by atoms with Crippen molar-refractivity contribution in [2.24, 2.45) is 5.41 Å². The third kappa shape index (κ3) is 5.10. The van der Waals surface area contributed by atoms with Crippen molar-refractivity contribution < 1.29 is 32.6 Å². The van der Waals surface area contributed by atoms with Crippen LogP contribution in [0, 0.1) is 5.41 Å². The summed E-state index contributed by atoms with van der Waals surface area (Å²) < 4.78 is 37.7. The molecule has 4 rings (SSSR count). The van der Waals surface area contributed by atoms with E-state index in [9.17, 15) is 18.0 Å². The molecular weight excluding hydrogens is 403 g/mol. The fourth-order valence-electron chi connectivity index (χ4n) is 4.45. The minimum atomic E-state index is -5.08. The van der Waals surface area contributed by atoms with Crippen LogP contribution < -0.4 is 0 Å². The molecule has 7 nitrogen and oxygen atoms in total. The third-order valence-corrected chi connectivity index (χ3v) is 5.89. The highest BCUT2D eigenvalue weighted by atomic mass is 19.4. The molecular formula is C20H26F3N3O4. The Balaban J connectivity index is 0.000000318. The monoisotopic (exact) mass is 429 g/mol. The molecule has 1 aromatic heterocycles. The Kier molecular flexibility index (Phi) is 6.97. The topological polar surface area (TPSA) is 83.0 Å². The summed E-state index contributed by atoms with van der Waals surface area (Å²) in [4.78, 5) is 30.8. The number of rotatable bonds is 3. The summed E-state index contributed by atoms with van der Waals surface area (Å²) in [6, 6.07) is 4.09. The highest BCUT2D eigenvalue weighted by Gasteiger charge is 2.54. The Hall–Kier alpha value is -2.20. The number of hydrogen-bond donors (Lipinski definition) is 1. The number of halogens is 3. The van der Waals surface area contributed by atoms with Gasteiger partial charge in [-0.1, -0.05) is 6.07 Å². The number of piperidine rings is 1. The molecule has 0 radical (unpaired) electrons. The number of carbonyl (C=O) groups is 2. The van der Waals surface area contributed by atoms with Crippen molar-refractivity contribution in [2.45, 2.75) is 44.5 Å². The van der Waals surface area contributed by atoms with E-state index in [2.05, 4.69) is 20.9 Å². The zero-order valence-corrected chi connectivity index (χ0v) is 16.6. The number of nitrogens with zero attached hydrogens (tertiary/aromatic N) is 3. The van der Waals surface area contributed by atoms with Crippen LogP contribution in [0.15, 0.2) is 24.5 Å². The molecule has 166 valence electrons. The molecule has 4 heterocycles. The predicted octanol–water partition coefficient (Wildman–Crippen LogP) is 2.32. The Morgan fingerprint density at radius 3 is 2.57 bits per heavy atom. The van der Waals surface area contributed by atoms with Crippen LogP contribution in [0.3, 0.4) is 0 Å². The first-order valence-corrected chi connectivity index (χ1v) is 10.0. The van der Waals surface area contributed by atoms with E-state index in [1.807, 2.05) is 12.3 Å². The molecule has 0 unspecified atom stereocenters. The van der Waals surface area contributed by atoms with Gasteiger partial charge in [0.1, 0.15) is 0 Å². The Morgan fingerprint density at radius 2 is 1.97 bits per heavy atom. The van der Waals surface area contributed by atoms with Gasteiger partial charge >= 0.3 is 12.1 Å². The smallest absolute Gasteiger partial charge is 0.475 e. The summed E-state index contributed by atoms with van der Waals surface area (Å²) in [7, 11) is 0. The SMILES string of the molecule is O=C(N1CCCC1)[C@@]12CCO[C@@H]1CCN(Cc1cccnc1)C2.O=C(O)C(F)(F)F. The van der Waals surface area contributed by atoms with E-state index in [1.54, 1.807) is 6.20 Å². The number of pyridine rings is 1. The summed E-state index contributed by atoms with van der Waals surface area (Å²) in [6.45, 7) is 5.27. The van der Waals surface area contributed by atoms with E-state index >= 15 is 0 Å². The molecule has 30 heavy (non-hydrogen) atoms. The van der Waals surface area contributed by atoms with Crippen LogP contribution in [0.1, 0.15) is 31.2 Å². The zero-order valence-electron chi connectivity index (χ0n) is 16.6. The number of aliphatic carboxylic acids is 1.